The summed E-state index contributed by atoms with van der Waals surface area (Å²) in [7, 11) is 0. The Morgan fingerprint density at radius 1 is 1.29 bits per heavy atom. The summed E-state index contributed by atoms with van der Waals surface area (Å²) in [4.78, 5) is 27.8. The molecule has 2 heterocycles. The zero-order chi connectivity index (χ0) is 17.7. The maximum Gasteiger partial charge on any atom is 0.251 e. The van der Waals surface area contributed by atoms with Crippen molar-refractivity contribution in [2.24, 2.45) is 0 Å². The summed E-state index contributed by atoms with van der Waals surface area (Å²) in [5.41, 5.74) is -0.872. The summed E-state index contributed by atoms with van der Waals surface area (Å²) in [6.07, 6.45) is 2.31. The molecular formula is C17H31N3O4. The highest BCUT2D eigenvalue weighted by Crippen LogP contribution is 2.22. The first-order valence-corrected chi connectivity index (χ1v) is 9.01. The average Bonchev–Trinajstić information content (AvgIpc) is 2.69. The van der Waals surface area contributed by atoms with Gasteiger partial charge in [0.2, 0.25) is 5.91 Å². The van der Waals surface area contributed by atoms with Gasteiger partial charge in [-0.3, -0.25) is 9.59 Å². The predicted octanol–water partition coefficient (Wildman–Crippen LogP) is -0.289. The van der Waals surface area contributed by atoms with E-state index in [1.54, 1.807) is 0 Å². The molecule has 2 amide bonds. The lowest BCUT2D eigenvalue weighted by atomic mass is 9.90. The number of piperidine rings is 1. The lowest BCUT2D eigenvalue weighted by molar-refractivity contribution is -0.142. The molecule has 7 heteroatoms. The highest BCUT2D eigenvalue weighted by atomic mass is 16.3. The summed E-state index contributed by atoms with van der Waals surface area (Å²) in [5.74, 6) is -0.649. The summed E-state index contributed by atoms with van der Waals surface area (Å²) >= 11 is 0. The highest BCUT2D eigenvalue weighted by Gasteiger charge is 2.33. The highest BCUT2D eigenvalue weighted by molar-refractivity contribution is 5.87. The second kappa shape index (κ2) is 8.27. The fraction of sp³-hybridized carbons (Fsp3) is 0.882. The number of aliphatic hydroxyl groups excluding tert-OH is 1. The second-order valence-electron chi connectivity index (χ2n) is 7.40. The second-order valence-corrected chi connectivity index (χ2v) is 7.40. The van der Waals surface area contributed by atoms with Gasteiger partial charge in [0.1, 0.15) is 6.10 Å². The van der Waals surface area contributed by atoms with Crippen molar-refractivity contribution in [3.63, 3.8) is 0 Å². The summed E-state index contributed by atoms with van der Waals surface area (Å²) in [6.45, 7) is 6.57. The molecular weight excluding hydrogens is 310 g/mol. The normalized spacial score (nSPS) is 25.6. The number of likely N-dealkylation sites (tertiary alicyclic amines) is 2. The third kappa shape index (κ3) is 5.16. The molecule has 0 aliphatic carbocycles. The first kappa shape index (κ1) is 19.1. The average molecular weight is 341 g/mol. The zero-order valence-electron chi connectivity index (χ0n) is 14.8. The van der Waals surface area contributed by atoms with E-state index in [2.05, 4.69) is 24.1 Å². The molecule has 0 bridgehead atoms. The summed E-state index contributed by atoms with van der Waals surface area (Å²) in [5, 5.41) is 23.1. The smallest absolute Gasteiger partial charge is 0.251 e. The Morgan fingerprint density at radius 3 is 2.58 bits per heavy atom. The third-order valence-electron chi connectivity index (χ3n) is 5.16. The van der Waals surface area contributed by atoms with Gasteiger partial charge in [-0.1, -0.05) is 0 Å². The number of carbonyl (C=O) groups excluding carboxylic acids is 2. The fourth-order valence-corrected chi connectivity index (χ4v) is 3.37. The molecule has 1 unspecified atom stereocenters. The molecule has 0 aromatic carbocycles. The van der Waals surface area contributed by atoms with Crippen LogP contribution in [0, 0.1) is 0 Å². The topological polar surface area (TPSA) is 93.1 Å². The van der Waals surface area contributed by atoms with Gasteiger partial charge in [0, 0.05) is 32.2 Å². The van der Waals surface area contributed by atoms with Gasteiger partial charge in [-0.05, 0) is 46.0 Å². The molecule has 2 fully saturated rings. The Hall–Kier alpha value is -1.18. The van der Waals surface area contributed by atoms with Crippen LogP contribution in [0.2, 0.25) is 0 Å². The van der Waals surface area contributed by atoms with Crippen molar-refractivity contribution in [1.82, 2.24) is 15.1 Å². The van der Waals surface area contributed by atoms with Crippen LogP contribution in [0.25, 0.3) is 0 Å². The molecule has 138 valence electrons. The monoisotopic (exact) mass is 341 g/mol. The van der Waals surface area contributed by atoms with Crippen molar-refractivity contribution in [2.75, 3.05) is 32.7 Å². The van der Waals surface area contributed by atoms with Crippen molar-refractivity contribution in [3.05, 3.63) is 0 Å². The van der Waals surface area contributed by atoms with E-state index in [0.29, 0.717) is 31.8 Å². The van der Waals surface area contributed by atoms with E-state index in [0.717, 1.165) is 25.9 Å². The van der Waals surface area contributed by atoms with Gasteiger partial charge in [0.15, 0.2) is 0 Å². The summed E-state index contributed by atoms with van der Waals surface area (Å²) in [6, 6.07) is 0.463. The van der Waals surface area contributed by atoms with Gasteiger partial charge in [-0.25, -0.2) is 0 Å². The SMILES string of the molecule is CC(C)N1CCC(O)(CNC(=O)CN2CCCCC(O)C2=O)CC1. The molecule has 2 rings (SSSR count). The largest absolute Gasteiger partial charge is 0.388 e. The first-order chi connectivity index (χ1) is 11.3. The molecule has 2 saturated heterocycles. The molecule has 2 aliphatic rings. The molecule has 0 aromatic rings. The van der Waals surface area contributed by atoms with Crippen LogP contribution in [0.3, 0.4) is 0 Å². The maximum atomic E-state index is 12.1. The van der Waals surface area contributed by atoms with E-state index in [1.807, 2.05) is 0 Å². The molecule has 1 atom stereocenters. The quantitative estimate of drug-likeness (QED) is 0.639. The first-order valence-electron chi connectivity index (χ1n) is 9.01. The molecule has 2 aliphatic heterocycles. The van der Waals surface area contributed by atoms with Gasteiger partial charge >= 0.3 is 0 Å². The minimum absolute atomic E-state index is 0.0515. The Labute approximate surface area is 144 Å². The van der Waals surface area contributed by atoms with E-state index >= 15 is 0 Å². The van der Waals surface area contributed by atoms with Crippen LogP contribution in [0.15, 0.2) is 0 Å². The molecule has 0 saturated carbocycles. The van der Waals surface area contributed by atoms with Crippen molar-refractivity contribution in [2.45, 2.75) is 63.7 Å². The van der Waals surface area contributed by atoms with Crippen LogP contribution in [0.1, 0.15) is 46.0 Å². The Morgan fingerprint density at radius 2 is 1.96 bits per heavy atom. The van der Waals surface area contributed by atoms with E-state index in [9.17, 15) is 19.8 Å². The minimum Gasteiger partial charge on any atom is -0.388 e. The molecule has 0 spiro atoms. The van der Waals surface area contributed by atoms with Crippen molar-refractivity contribution >= 4 is 11.8 Å². The standard InChI is InChI=1S/C17H31N3O4/c1-13(2)19-9-6-17(24,7-10-19)12-18-15(22)11-20-8-4-3-5-14(21)16(20)23/h13-14,21,24H,3-12H2,1-2H3,(H,18,22). The van der Waals surface area contributed by atoms with Crippen molar-refractivity contribution in [1.29, 1.82) is 0 Å². The van der Waals surface area contributed by atoms with Gasteiger partial charge < -0.3 is 25.3 Å². The van der Waals surface area contributed by atoms with Crippen LogP contribution >= 0.6 is 0 Å². The predicted molar refractivity (Wildman–Crippen MR) is 90.3 cm³/mol. The maximum absolute atomic E-state index is 12.1. The molecule has 0 aromatic heterocycles. The molecule has 3 N–H and O–H groups in total. The van der Waals surface area contributed by atoms with Crippen LogP contribution in [-0.4, -0.2) is 82.3 Å². The Bertz CT molecular complexity index is 447. The number of hydrogen-bond donors (Lipinski definition) is 3. The minimum atomic E-state index is -0.996. The van der Waals surface area contributed by atoms with Crippen molar-refractivity contribution in [3.8, 4) is 0 Å². The lowest BCUT2D eigenvalue weighted by Crippen LogP contribution is -2.53. The van der Waals surface area contributed by atoms with Crippen LogP contribution in [-0.2, 0) is 9.59 Å². The lowest BCUT2D eigenvalue weighted by Gasteiger charge is -2.40. The number of amides is 2. The fourth-order valence-electron chi connectivity index (χ4n) is 3.37. The van der Waals surface area contributed by atoms with Gasteiger partial charge in [0.05, 0.1) is 12.1 Å². The van der Waals surface area contributed by atoms with Crippen LogP contribution in [0.5, 0.6) is 0 Å². The number of nitrogens with one attached hydrogen (secondary N) is 1. The molecule has 0 radical (unpaired) electrons. The van der Waals surface area contributed by atoms with Crippen LogP contribution in [0.4, 0.5) is 0 Å². The Kier molecular flexibility index (Phi) is 6.60. The van der Waals surface area contributed by atoms with Crippen molar-refractivity contribution < 1.29 is 19.8 Å². The Balaban J connectivity index is 1.77. The number of hydrogen-bond acceptors (Lipinski definition) is 5. The number of carbonyl (C=O) groups is 2. The van der Waals surface area contributed by atoms with E-state index < -0.39 is 11.7 Å². The van der Waals surface area contributed by atoms with E-state index in [1.165, 1.54) is 4.90 Å². The van der Waals surface area contributed by atoms with E-state index in [4.69, 9.17) is 0 Å². The zero-order valence-corrected chi connectivity index (χ0v) is 14.8. The molecule has 7 nitrogen and oxygen atoms in total. The van der Waals surface area contributed by atoms with Gasteiger partial charge in [-0.2, -0.15) is 0 Å². The van der Waals surface area contributed by atoms with Gasteiger partial charge in [0.25, 0.3) is 5.91 Å². The third-order valence-corrected chi connectivity index (χ3v) is 5.16. The van der Waals surface area contributed by atoms with Gasteiger partial charge in [-0.15, -0.1) is 0 Å². The number of aliphatic hydroxyl groups is 2. The summed E-state index contributed by atoms with van der Waals surface area (Å²) < 4.78 is 0. The van der Waals surface area contributed by atoms with E-state index in [-0.39, 0.29) is 24.9 Å². The number of rotatable bonds is 5. The van der Waals surface area contributed by atoms with Crippen LogP contribution < -0.4 is 5.32 Å². The number of nitrogens with zero attached hydrogens (tertiary/aromatic N) is 2. The molecule has 24 heavy (non-hydrogen) atoms.